The van der Waals surface area contributed by atoms with Crippen molar-refractivity contribution in [2.75, 3.05) is 31.6 Å². The molecule has 0 bridgehead atoms. The number of benzene rings is 2. The molecule has 0 spiro atoms. The first-order chi connectivity index (χ1) is 13.9. The Kier molecular flexibility index (Phi) is 8.31. The van der Waals surface area contributed by atoms with Gasteiger partial charge in [0.15, 0.2) is 0 Å². The van der Waals surface area contributed by atoms with Crippen LogP contribution in [0.25, 0.3) is 0 Å². The lowest BCUT2D eigenvalue weighted by molar-refractivity contribution is -0.393. The first-order valence-electron chi connectivity index (χ1n) is 9.13. The van der Waals surface area contributed by atoms with Crippen LogP contribution in [0.2, 0.25) is 0 Å². The van der Waals surface area contributed by atoms with Gasteiger partial charge in [0, 0.05) is 19.2 Å². The van der Waals surface area contributed by atoms with Gasteiger partial charge in [0.25, 0.3) is 11.4 Å². The molecule has 2 aromatic rings. The zero-order valence-electron chi connectivity index (χ0n) is 16.1. The molecule has 2 rings (SSSR count). The predicted molar refractivity (Wildman–Crippen MR) is 108 cm³/mol. The molecule has 0 aliphatic carbocycles. The minimum Gasteiger partial charge on any atom is -0.494 e. The summed E-state index contributed by atoms with van der Waals surface area (Å²) < 4.78 is 5.67. The fourth-order valence-electron chi connectivity index (χ4n) is 2.67. The van der Waals surface area contributed by atoms with Gasteiger partial charge in [0.05, 0.1) is 29.1 Å². The summed E-state index contributed by atoms with van der Waals surface area (Å²) in [4.78, 5) is 20.5. The number of aliphatic hydroxyl groups excluding tert-OH is 1. The highest BCUT2D eigenvalue weighted by atomic mass is 16.6. The van der Waals surface area contributed by atoms with Crippen molar-refractivity contribution in [2.45, 2.75) is 20.0 Å². The van der Waals surface area contributed by atoms with Crippen LogP contribution in [0.4, 0.5) is 17.1 Å². The number of nitro benzene ring substituents is 2. The third-order valence-electron chi connectivity index (χ3n) is 4.26. The van der Waals surface area contributed by atoms with Crippen LogP contribution >= 0.6 is 0 Å². The number of nitrogens with one attached hydrogen (secondary N) is 2. The molecular weight excluding hydrogens is 380 g/mol. The highest BCUT2D eigenvalue weighted by Crippen LogP contribution is 2.28. The normalized spacial score (nSPS) is 10.6. The van der Waals surface area contributed by atoms with Crippen molar-refractivity contribution in [3.05, 3.63) is 67.8 Å². The van der Waals surface area contributed by atoms with Crippen molar-refractivity contribution >= 4 is 17.1 Å². The number of non-ortho nitro benzene ring substituents is 1. The lowest BCUT2D eigenvalue weighted by Crippen LogP contribution is -2.24. The molecule has 0 aliphatic rings. The zero-order valence-corrected chi connectivity index (χ0v) is 16.1. The molecular formula is C19H24N4O6. The molecule has 0 heterocycles. The number of nitro groups is 2. The van der Waals surface area contributed by atoms with Crippen molar-refractivity contribution in [2.24, 2.45) is 0 Å². The van der Waals surface area contributed by atoms with Crippen molar-refractivity contribution in [3.8, 4) is 5.75 Å². The molecule has 0 aliphatic heterocycles. The summed E-state index contributed by atoms with van der Waals surface area (Å²) in [6.45, 7) is 4.17. The molecule has 0 amide bonds. The standard InChI is InChI=1S/C19H24N4O6/c1-14-11-17(5-3-15(14)13-24)29-10-2-7-20-8-9-21-18-6-4-16(22(25)26)12-19(18)23(27)28/h3-6,11-12,20-21,24H,2,7-10,13H2,1H3. The van der Waals surface area contributed by atoms with Crippen molar-refractivity contribution in [1.29, 1.82) is 0 Å². The van der Waals surface area contributed by atoms with E-state index >= 15 is 0 Å². The van der Waals surface area contributed by atoms with Crippen molar-refractivity contribution < 1.29 is 19.7 Å². The minimum atomic E-state index is -0.664. The average molecular weight is 404 g/mol. The predicted octanol–water partition coefficient (Wildman–Crippen LogP) is 2.77. The quantitative estimate of drug-likeness (QED) is 0.279. The Hall–Kier alpha value is -3.24. The summed E-state index contributed by atoms with van der Waals surface area (Å²) in [5, 5.41) is 37.1. The van der Waals surface area contributed by atoms with Crippen LogP contribution in [0.3, 0.4) is 0 Å². The molecule has 3 N–H and O–H groups in total. The van der Waals surface area contributed by atoms with Crippen molar-refractivity contribution in [3.63, 3.8) is 0 Å². The van der Waals surface area contributed by atoms with Crippen LogP contribution < -0.4 is 15.4 Å². The summed E-state index contributed by atoms with van der Waals surface area (Å²) in [6.07, 6.45) is 0.776. The van der Waals surface area contributed by atoms with Crippen LogP contribution in [-0.2, 0) is 6.61 Å². The van der Waals surface area contributed by atoms with Crippen LogP contribution in [0.1, 0.15) is 17.5 Å². The number of rotatable bonds is 12. The molecule has 0 radical (unpaired) electrons. The smallest absolute Gasteiger partial charge is 0.299 e. The van der Waals surface area contributed by atoms with Gasteiger partial charge in [-0.05, 0) is 49.2 Å². The van der Waals surface area contributed by atoms with E-state index in [-0.39, 0.29) is 23.7 Å². The van der Waals surface area contributed by atoms with Gasteiger partial charge in [0.2, 0.25) is 0 Å². The third kappa shape index (κ3) is 6.70. The van der Waals surface area contributed by atoms with E-state index in [0.29, 0.717) is 26.2 Å². The van der Waals surface area contributed by atoms with E-state index in [0.717, 1.165) is 29.4 Å². The number of hydrogen-bond donors (Lipinski definition) is 3. The molecule has 0 saturated heterocycles. The number of ether oxygens (including phenoxy) is 1. The lowest BCUT2D eigenvalue weighted by atomic mass is 10.1. The molecule has 0 aromatic heterocycles. The molecule has 0 fully saturated rings. The van der Waals surface area contributed by atoms with Gasteiger partial charge in [0.1, 0.15) is 11.4 Å². The third-order valence-corrected chi connectivity index (χ3v) is 4.26. The highest BCUT2D eigenvalue weighted by molar-refractivity contribution is 5.65. The van der Waals surface area contributed by atoms with E-state index in [2.05, 4.69) is 10.6 Å². The summed E-state index contributed by atoms with van der Waals surface area (Å²) in [6, 6.07) is 9.07. The van der Waals surface area contributed by atoms with Gasteiger partial charge in [-0.2, -0.15) is 0 Å². The first kappa shape index (κ1) is 22.1. The minimum absolute atomic E-state index is 0.00704. The van der Waals surface area contributed by atoms with Crippen LogP contribution in [-0.4, -0.2) is 41.2 Å². The fraction of sp³-hybridized carbons (Fsp3) is 0.368. The van der Waals surface area contributed by atoms with E-state index in [1.54, 1.807) is 0 Å². The molecule has 10 heteroatoms. The second kappa shape index (κ2) is 10.9. The molecule has 0 unspecified atom stereocenters. The Morgan fingerprint density at radius 2 is 1.83 bits per heavy atom. The maximum Gasteiger partial charge on any atom is 0.299 e. The largest absolute Gasteiger partial charge is 0.494 e. The van der Waals surface area contributed by atoms with Crippen molar-refractivity contribution in [1.82, 2.24) is 5.32 Å². The Morgan fingerprint density at radius 1 is 1.03 bits per heavy atom. The van der Waals surface area contributed by atoms with E-state index < -0.39 is 9.85 Å². The van der Waals surface area contributed by atoms with E-state index in [1.165, 1.54) is 12.1 Å². The van der Waals surface area contributed by atoms with Gasteiger partial charge in [-0.3, -0.25) is 20.2 Å². The van der Waals surface area contributed by atoms with Crippen LogP contribution in [0.5, 0.6) is 5.75 Å². The average Bonchev–Trinajstić information content (AvgIpc) is 2.69. The topological polar surface area (TPSA) is 140 Å². The second-order valence-corrected chi connectivity index (χ2v) is 6.34. The van der Waals surface area contributed by atoms with E-state index in [1.807, 2.05) is 25.1 Å². The fourth-order valence-corrected chi connectivity index (χ4v) is 2.67. The number of anilines is 1. The van der Waals surface area contributed by atoms with Gasteiger partial charge in [-0.1, -0.05) is 6.07 Å². The Morgan fingerprint density at radius 3 is 2.48 bits per heavy atom. The highest BCUT2D eigenvalue weighted by Gasteiger charge is 2.18. The summed E-state index contributed by atoms with van der Waals surface area (Å²) in [5.74, 6) is 0.756. The lowest BCUT2D eigenvalue weighted by Gasteiger charge is -2.10. The summed E-state index contributed by atoms with van der Waals surface area (Å²) >= 11 is 0. The Labute approximate surface area is 167 Å². The maximum atomic E-state index is 11.1. The van der Waals surface area contributed by atoms with Crippen LogP contribution in [0.15, 0.2) is 36.4 Å². The Balaban J connectivity index is 1.67. The molecule has 0 saturated carbocycles. The van der Waals surface area contributed by atoms with E-state index in [4.69, 9.17) is 9.84 Å². The zero-order chi connectivity index (χ0) is 21.2. The van der Waals surface area contributed by atoms with E-state index in [9.17, 15) is 20.2 Å². The Bertz CT molecular complexity index is 859. The van der Waals surface area contributed by atoms with Crippen LogP contribution in [0, 0.1) is 27.2 Å². The van der Waals surface area contributed by atoms with Gasteiger partial charge >= 0.3 is 0 Å². The first-order valence-corrected chi connectivity index (χ1v) is 9.13. The number of hydrogen-bond acceptors (Lipinski definition) is 8. The summed E-state index contributed by atoms with van der Waals surface area (Å²) in [7, 11) is 0. The SMILES string of the molecule is Cc1cc(OCCCNCCNc2ccc([N+](=O)[O-])cc2[N+](=O)[O-])ccc1CO. The molecule has 156 valence electrons. The molecule has 0 atom stereocenters. The molecule has 10 nitrogen and oxygen atoms in total. The molecule has 29 heavy (non-hydrogen) atoms. The monoisotopic (exact) mass is 404 g/mol. The second-order valence-electron chi connectivity index (χ2n) is 6.34. The number of aliphatic hydroxyl groups is 1. The maximum absolute atomic E-state index is 11.1. The number of nitrogens with zero attached hydrogens (tertiary/aromatic N) is 2. The number of aryl methyl sites for hydroxylation is 1. The molecule has 2 aromatic carbocycles. The van der Waals surface area contributed by atoms with Gasteiger partial charge in [-0.15, -0.1) is 0 Å². The van der Waals surface area contributed by atoms with Gasteiger partial charge in [-0.25, -0.2) is 0 Å². The summed E-state index contributed by atoms with van der Waals surface area (Å²) in [5.41, 5.74) is 1.46. The van der Waals surface area contributed by atoms with Gasteiger partial charge < -0.3 is 20.5 Å².